The van der Waals surface area contributed by atoms with Crippen molar-refractivity contribution in [1.82, 2.24) is 0 Å². The average molecular weight is 527 g/mol. The number of amidine groups is 1. The molecule has 38 heavy (non-hydrogen) atoms. The maximum absolute atomic E-state index is 6.58. The van der Waals surface area contributed by atoms with Gasteiger partial charge in [0.05, 0.1) is 11.8 Å². The molecule has 1 aliphatic heterocycles. The Bertz CT molecular complexity index is 1790. The Labute approximate surface area is 230 Å². The summed E-state index contributed by atoms with van der Waals surface area (Å²) in [6.07, 6.45) is 0.691. The summed E-state index contributed by atoms with van der Waals surface area (Å²) < 4.78 is 2.58. The summed E-state index contributed by atoms with van der Waals surface area (Å²) >= 11 is 8.40. The van der Waals surface area contributed by atoms with E-state index in [2.05, 4.69) is 109 Å². The Balaban J connectivity index is 1.30. The van der Waals surface area contributed by atoms with Crippen LogP contribution in [0.4, 0.5) is 0 Å². The lowest BCUT2D eigenvalue weighted by atomic mass is 9.90. The maximum atomic E-state index is 6.58. The van der Waals surface area contributed by atoms with Crippen molar-refractivity contribution in [2.24, 2.45) is 9.98 Å². The fraction of sp³-hybridized carbons (Fsp3) is 0.0588. The van der Waals surface area contributed by atoms with Crippen molar-refractivity contribution in [3.63, 3.8) is 0 Å². The van der Waals surface area contributed by atoms with Crippen LogP contribution in [-0.4, -0.2) is 11.0 Å². The lowest BCUT2D eigenvalue weighted by Crippen LogP contribution is -2.14. The van der Waals surface area contributed by atoms with Crippen LogP contribution in [0.1, 0.15) is 23.6 Å². The van der Waals surface area contributed by atoms with Gasteiger partial charge < -0.3 is 0 Å². The van der Waals surface area contributed by atoms with E-state index in [9.17, 15) is 0 Å². The minimum Gasteiger partial charge on any atom is -0.248 e. The number of halogens is 1. The molecule has 0 bridgehead atoms. The van der Waals surface area contributed by atoms with Crippen molar-refractivity contribution in [2.45, 2.75) is 12.5 Å². The van der Waals surface area contributed by atoms with Gasteiger partial charge >= 0.3 is 0 Å². The van der Waals surface area contributed by atoms with Crippen molar-refractivity contribution >= 4 is 54.1 Å². The van der Waals surface area contributed by atoms with Gasteiger partial charge in [0.15, 0.2) is 0 Å². The minimum absolute atomic E-state index is 0.115. The Hall–Kier alpha value is -4.05. The molecule has 1 unspecified atom stereocenters. The molecule has 2 nitrogen and oxygen atoms in total. The van der Waals surface area contributed by atoms with Crippen LogP contribution >= 0.6 is 22.9 Å². The van der Waals surface area contributed by atoms with Crippen LogP contribution in [0.25, 0.3) is 42.4 Å². The van der Waals surface area contributed by atoms with E-state index < -0.39 is 0 Å². The second kappa shape index (κ2) is 9.68. The summed E-state index contributed by atoms with van der Waals surface area (Å²) in [5.74, 6) is 0. The number of hydrogen-bond acceptors (Lipinski definition) is 3. The number of fused-ring (bicyclic) bond motifs is 3. The molecule has 1 aliphatic rings. The first-order chi connectivity index (χ1) is 18.7. The van der Waals surface area contributed by atoms with E-state index >= 15 is 0 Å². The number of aliphatic imine (C=N–C) groups is 2. The van der Waals surface area contributed by atoms with E-state index in [-0.39, 0.29) is 6.04 Å². The van der Waals surface area contributed by atoms with Gasteiger partial charge in [-0.2, -0.15) is 0 Å². The Kier molecular flexibility index (Phi) is 5.88. The fourth-order valence-electron chi connectivity index (χ4n) is 5.26. The number of thiophene rings is 1. The highest BCUT2D eigenvalue weighted by molar-refractivity contribution is 7.25. The fourth-order valence-corrected chi connectivity index (χ4v) is 6.57. The molecule has 5 aromatic carbocycles. The second-order valence-corrected chi connectivity index (χ2v) is 11.0. The van der Waals surface area contributed by atoms with E-state index in [0.717, 1.165) is 16.8 Å². The summed E-state index contributed by atoms with van der Waals surface area (Å²) in [5.41, 5.74) is 7.91. The molecule has 0 amide bonds. The van der Waals surface area contributed by atoms with Crippen molar-refractivity contribution in [3.8, 4) is 22.3 Å². The molecule has 1 atom stereocenters. The van der Waals surface area contributed by atoms with Gasteiger partial charge in [-0.1, -0.05) is 84.9 Å². The average Bonchev–Trinajstić information content (AvgIpc) is 3.35. The third kappa shape index (κ3) is 4.34. The topological polar surface area (TPSA) is 24.7 Å². The largest absolute Gasteiger partial charge is 0.248 e. The summed E-state index contributed by atoms with van der Waals surface area (Å²) in [5, 5.41) is 2.85. The van der Waals surface area contributed by atoms with Crippen LogP contribution in [0, 0.1) is 0 Å². The summed E-state index contributed by atoms with van der Waals surface area (Å²) in [6, 6.07) is 42.9. The van der Waals surface area contributed by atoms with Gasteiger partial charge in [-0.3, -0.25) is 0 Å². The number of benzene rings is 5. The molecule has 1 aromatic heterocycles. The molecule has 182 valence electrons. The summed E-state index contributed by atoms with van der Waals surface area (Å²) in [7, 11) is 0. The van der Waals surface area contributed by atoms with E-state index in [0.29, 0.717) is 11.7 Å². The lowest BCUT2D eigenvalue weighted by Gasteiger charge is -2.21. The van der Waals surface area contributed by atoms with Crippen LogP contribution in [0.5, 0.6) is 0 Å². The molecule has 0 radical (unpaired) electrons. The number of nitrogens with zero attached hydrogens (tertiary/aromatic N) is 2. The molecule has 0 N–H and O–H groups in total. The summed E-state index contributed by atoms with van der Waals surface area (Å²) in [4.78, 5) is 9.49. The molecule has 0 aliphatic carbocycles. The zero-order chi connectivity index (χ0) is 25.5. The first-order valence-corrected chi connectivity index (χ1v) is 13.9. The van der Waals surface area contributed by atoms with E-state index in [4.69, 9.17) is 21.6 Å². The Morgan fingerprint density at radius 1 is 0.579 bits per heavy atom. The van der Waals surface area contributed by atoms with Crippen molar-refractivity contribution < 1.29 is 0 Å². The highest BCUT2D eigenvalue weighted by Gasteiger charge is 2.22. The van der Waals surface area contributed by atoms with Crippen LogP contribution < -0.4 is 0 Å². The van der Waals surface area contributed by atoms with Crippen LogP contribution in [0.2, 0.25) is 0 Å². The summed E-state index contributed by atoms with van der Waals surface area (Å²) in [6.45, 7) is 0. The Morgan fingerprint density at radius 2 is 1.21 bits per heavy atom. The quantitative estimate of drug-likeness (QED) is 0.204. The monoisotopic (exact) mass is 526 g/mol. The van der Waals surface area contributed by atoms with Gasteiger partial charge in [0.25, 0.3) is 0 Å². The van der Waals surface area contributed by atoms with Crippen molar-refractivity contribution in [3.05, 3.63) is 132 Å². The molecule has 4 heteroatoms. The number of rotatable bonds is 4. The first kappa shape index (κ1) is 23.1. The van der Waals surface area contributed by atoms with Gasteiger partial charge in [0.1, 0.15) is 0 Å². The van der Waals surface area contributed by atoms with E-state index in [1.165, 1.54) is 42.4 Å². The Morgan fingerprint density at radius 3 is 1.92 bits per heavy atom. The predicted octanol–water partition coefficient (Wildman–Crippen LogP) is 9.92. The van der Waals surface area contributed by atoms with Crippen molar-refractivity contribution in [2.75, 3.05) is 0 Å². The molecule has 7 rings (SSSR count). The van der Waals surface area contributed by atoms with Gasteiger partial charge in [-0.25, -0.2) is 9.98 Å². The van der Waals surface area contributed by atoms with E-state index in [1.807, 2.05) is 23.5 Å². The molecular formula is C34H23ClN2S. The lowest BCUT2D eigenvalue weighted by molar-refractivity contribution is 0.757. The third-order valence-corrected chi connectivity index (χ3v) is 8.47. The zero-order valence-corrected chi connectivity index (χ0v) is 22.1. The SMILES string of the molecule is ClC1=NC(c2cc(-c3ccccc3)cc(-c3ccccc3)c2)CC(c2ccc3sc4ccccc4c3c2)=N1. The molecule has 0 spiro atoms. The maximum Gasteiger partial charge on any atom is 0.218 e. The molecule has 0 saturated heterocycles. The van der Waals surface area contributed by atoms with Gasteiger partial charge in [0, 0.05) is 26.6 Å². The van der Waals surface area contributed by atoms with Crippen molar-refractivity contribution in [1.29, 1.82) is 0 Å². The molecule has 2 heterocycles. The third-order valence-electron chi connectivity index (χ3n) is 7.14. The standard InChI is InChI=1S/C34H23ClN2S/c35-34-36-30(24-15-16-33-29(20-24)28-13-7-8-14-32(28)38-33)21-31(37-34)27-18-25(22-9-3-1-4-10-22)17-26(19-27)23-11-5-2-6-12-23/h1-20,31H,21H2. The highest BCUT2D eigenvalue weighted by Crippen LogP contribution is 2.37. The normalized spacial score (nSPS) is 15.4. The highest BCUT2D eigenvalue weighted by atomic mass is 35.5. The van der Waals surface area contributed by atoms with Gasteiger partial charge in [-0.15, -0.1) is 11.3 Å². The van der Waals surface area contributed by atoms with Crippen LogP contribution in [0.15, 0.2) is 131 Å². The van der Waals surface area contributed by atoms with Crippen LogP contribution in [-0.2, 0) is 0 Å². The van der Waals surface area contributed by atoms with Crippen LogP contribution in [0.3, 0.4) is 0 Å². The second-order valence-electron chi connectivity index (χ2n) is 9.56. The van der Waals surface area contributed by atoms with Gasteiger partial charge in [0.2, 0.25) is 5.29 Å². The number of hydrogen-bond donors (Lipinski definition) is 0. The molecule has 0 fully saturated rings. The molecule has 0 saturated carbocycles. The smallest absolute Gasteiger partial charge is 0.218 e. The molecule has 6 aromatic rings. The minimum atomic E-state index is -0.115. The predicted molar refractivity (Wildman–Crippen MR) is 164 cm³/mol. The van der Waals surface area contributed by atoms with Gasteiger partial charge in [-0.05, 0) is 81.4 Å². The molecular weight excluding hydrogens is 504 g/mol. The first-order valence-electron chi connectivity index (χ1n) is 12.7. The zero-order valence-electron chi connectivity index (χ0n) is 20.5. The van der Waals surface area contributed by atoms with E-state index in [1.54, 1.807) is 0 Å².